The first kappa shape index (κ1) is 13.4. The second-order valence-corrected chi connectivity index (χ2v) is 5.89. The largest absolute Gasteiger partial charge is 0.295 e. The number of hydrogen-bond donors (Lipinski definition) is 1. The van der Waals surface area contributed by atoms with E-state index in [2.05, 4.69) is 0 Å². The third kappa shape index (κ3) is 3.22. The molecule has 0 aromatic rings. The maximum absolute atomic E-state index is 12.0. The number of rotatable bonds is 5. The molecule has 0 aliphatic rings. The lowest BCUT2D eigenvalue weighted by molar-refractivity contribution is 0.388. The monoisotopic (exact) mass is 227 g/mol. The summed E-state index contributed by atoms with van der Waals surface area (Å²) in [6.07, 6.45) is 0. The van der Waals surface area contributed by atoms with Crippen molar-refractivity contribution in [2.75, 3.05) is 13.1 Å². The van der Waals surface area contributed by atoms with Crippen molar-refractivity contribution in [1.82, 2.24) is 8.86 Å². The van der Waals surface area contributed by atoms with E-state index in [0.717, 1.165) is 0 Å². The highest BCUT2D eigenvalue weighted by molar-refractivity contribution is 7.57. The lowest BCUT2D eigenvalue weighted by atomic mass is 10.4. The molecule has 0 spiro atoms. The van der Waals surface area contributed by atoms with Crippen molar-refractivity contribution in [3.05, 3.63) is 0 Å². The summed E-state index contributed by atoms with van der Waals surface area (Å²) in [7, 11) is -3.02. The molecule has 1 unspecified atom stereocenters. The van der Waals surface area contributed by atoms with Gasteiger partial charge in [-0.3, -0.25) is 10.1 Å². The highest BCUT2D eigenvalue weighted by Crippen LogP contribution is 2.47. The van der Waals surface area contributed by atoms with Gasteiger partial charge < -0.3 is 0 Å². The van der Waals surface area contributed by atoms with Crippen molar-refractivity contribution in [1.29, 1.82) is 0 Å². The van der Waals surface area contributed by atoms with Crippen molar-refractivity contribution in [3.63, 3.8) is 0 Å². The zero-order valence-electron chi connectivity index (χ0n) is 8.70. The van der Waals surface area contributed by atoms with Gasteiger partial charge in [0.25, 0.3) is 7.59 Å². The summed E-state index contributed by atoms with van der Waals surface area (Å²) in [6.45, 7) is 8.81. The molecule has 0 aromatic heterocycles. The first-order valence-corrected chi connectivity index (χ1v) is 6.49. The van der Waals surface area contributed by atoms with E-state index in [1.54, 1.807) is 4.67 Å². The third-order valence-corrected chi connectivity index (χ3v) is 5.26. The molecule has 0 aromatic carbocycles. The van der Waals surface area contributed by atoms with E-state index in [1.165, 1.54) is 4.19 Å². The molecule has 0 bridgehead atoms. The lowest BCUT2D eigenvalue weighted by Gasteiger charge is -2.32. The molecule has 0 saturated carbocycles. The molecule has 13 heavy (non-hydrogen) atoms. The molecule has 80 valence electrons. The van der Waals surface area contributed by atoms with Crippen LogP contribution in [0.2, 0.25) is 0 Å². The summed E-state index contributed by atoms with van der Waals surface area (Å²) >= 11 is 5.86. The van der Waals surface area contributed by atoms with Gasteiger partial charge in [-0.1, -0.05) is 13.8 Å². The molecule has 0 heterocycles. The van der Waals surface area contributed by atoms with Gasteiger partial charge in [0.15, 0.2) is 0 Å². The van der Waals surface area contributed by atoms with Gasteiger partial charge in [-0.2, -0.15) is 0 Å². The van der Waals surface area contributed by atoms with E-state index in [0.29, 0.717) is 13.1 Å². The Morgan fingerprint density at radius 1 is 1.38 bits per heavy atom. The van der Waals surface area contributed by atoms with Gasteiger partial charge in [0.2, 0.25) is 0 Å². The fraction of sp³-hybridized carbons (Fsp3) is 1.00. The van der Waals surface area contributed by atoms with Gasteiger partial charge in [0.1, 0.15) is 0 Å². The fourth-order valence-corrected chi connectivity index (χ4v) is 3.08. The average Bonchev–Trinajstić information content (AvgIpc) is 2.04. The zero-order valence-corrected chi connectivity index (χ0v) is 10.3. The van der Waals surface area contributed by atoms with Gasteiger partial charge >= 0.3 is 0 Å². The van der Waals surface area contributed by atoms with Crippen molar-refractivity contribution >= 4 is 19.4 Å². The number of halogens is 1. The van der Waals surface area contributed by atoms with Gasteiger partial charge in [0, 0.05) is 19.1 Å². The van der Waals surface area contributed by atoms with E-state index in [-0.39, 0.29) is 6.04 Å². The van der Waals surface area contributed by atoms with Crippen LogP contribution < -0.4 is 5.50 Å². The number of hydrogen-bond acceptors (Lipinski definition) is 1. The Hall–Kier alpha value is 0.400. The standard InChI is InChI=1S/C7H19ClN3OP/c1-5-10(6-2)13(9,12)11(8)7(3)4/h7H,5-6H2,1-4H3,(H2,9,12). The summed E-state index contributed by atoms with van der Waals surface area (Å²) in [4.78, 5) is 0. The van der Waals surface area contributed by atoms with Gasteiger partial charge in [-0.05, 0) is 25.6 Å². The average molecular weight is 228 g/mol. The van der Waals surface area contributed by atoms with Gasteiger partial charge in [0.05, 0.1) is 0 Å². The highest BCUT2D eigenvalue weighted by Gasteiger charge is 2.32. The zero-order chi connectivity index (χ0) is 10.6. The molecule has 0 rings (SSSR count). The molecule has 0 fully saturated rings. The maximum atomic E-state index is 12.0. The minimum atomic E-state index is -3.02. The molecule has 6 heteroatoms. The molecule has 4 nitrogen and oxygen atoms in total. The van der Waals surface area contributed by atoms with Crippen LogP contribution in [0, 0.1) is 0 Å². The molecule has 0 radical (unpaired) electrons. The minimum Gasteiger partial charge on any atom is -0.270 e. The maximum Gasteiger partial charge on any atom is 0.295 e. The summed E-state index contributed by atoms with van der Waals surface area (Å²) in [6, 6.07) is -0.0295. The van der Waals surface area contributed by atoms with Crippen molar-refractivity contribution < 1.29 is 4.57 Å². The Bertz CT molecular complexity index is 190. The van der Waals surface area contributed by atoms with Crippen molar-refractivity contribution in [2.24, 2.45) is 5.50 Å². The van der Waals surface area contributed by atoms with Crippen molar-refractivity contribution in [2.45, 2.75) is 33.7 Å². The second kappa shape index (κ2) is 5.32. The molecule has 2 N–H and O–H groups in total. The highest BCUT2D eigenvalue weighted by atomic mass is 35.5. The molecule has 0 amide bonds. The predicted molar refractivity (Wildman–Crippen MR) is 57.5 cm³/mol. The Morgan fingerprint density at radius 2 is 1.77 bits per heavy atom. The Balaban J connectivity index is 4.62. The lowest BCUT2D eigenvalue weighted by Crippen LogP contribution is -2.34. The SMILES string of the molecule is CCN(CC)P(N)(=O)N(Cl)C(C)C. The van der Waals surface area contributed by atoms with Crippen LogP contribution in [0.5, 0.6) is 0 Å². The van der Waals surface area contributed by atoms with E-state index < -0.39 is 7.59 Å². The van der Waals surface area contributed by atoms with E-state index in [9.17, 15) is 4.57 Å². The summed E-state index contributed by atoms with van der Waals surface area (Å²) < 4.78 is 14.9. The molecule has 1 atom stereocenters. The number of nitrogens with two attached hydrogens (primary N) is 1. The minimum absolute atomic E-state index is 0.0295. The van der Waals surface area contributed by atoms with E-state index in [4.69, 9.17) is 17.3 Å². The van der Waals surface area contributed by atoms with Crippen LogP contribution in [0.15, 0.2) is 0 Å². The molecule has 0 aliphatic carbocycles. The van der Waals surface area contributed by atoms with Crippen LogP contribution >= 0.6 is 19.4 Å². The van der Waals surface area contributed by atoms with Crippen LogP contribution in [-0.4, -0.2) is 28.0 Å². The molecule has 0 aliphatic heterocycles. The van der Waals surface area contributed by atoms with Crippen molar-refractivity contribution in [3.8, 4) is 0 Å². The first-order chi connectivity index (χ1) is 5.87. The molecular formula is C7H19ClN3OP. The predicted octanol–water partition coefficient (Wildman–Crippen LogP) is 2.26. The van der Waals surface area contributed by atoms with Crippen LogP contribution in [-0.2, 0) is 4.57 Å². The quantitative estimate of drug-likeness (QED) is 0.578. The Labute approximate surface area is 85.7 Å². The topological polar surface area (TPSA) is 49.6 Å². The Morgan fingerprint density at radius 3 is 2.00 bits per heavy atom. The molecular weight excluding hydrogens is 209 g/mol. The fourth-order valence-electron chi connectivity index (χ4n) is 1.08. The van der Waals surface area contributed by atoms with E-state index in [1.807, 2.05) is 27.7 Å². The van der Waals surface area contributed by atoms with Crippen LogP contribution in [0.4, 0.5) is 0 Å². The van der Waals surface area contributed by atoms with Gasteiger partial charge in [-0.15, -0.1) is 4.19 Å². The van der Waals surface area contributed by atoms with Crippen LogP contribution in [0.3, 0.4) is 0 Å². The number of nitrogens with zero attached hydrogens (tertiary/aromatic N) is 2. The summed E-state index contributed by atoms with van der Waals surface area (Å²) in [5.41, 5.74) is 5.70. The van der Waals surface area contributed by atoms with Gasteiger partial charge in [-0.25, -0.2) is 4.67 Å². The second-order valence-electron chi connectivity index (χ2n) is 3.11. The summed E-state index contributed by atoms with van der Waals surface area (Å²) in [5.74, 6) is 0. The van der Waals surface area contributed by atoms with Crippen LogP contribution in [0.25, 0.3) is 0 Å². The smallest absolute Gasteiger partial charge is 0.270 e. The Kier molecular flexibility index (Phi) is 5.49. The third-order valence-electron chi connectivity index (χ3n) is 1.84. The van der Waals surface area contributed by atoms with Crippen LogP contribution in [0.1, 0.15) is 27.7 Å². The normalized spacial score (nSPS) is 17.0. The molecule has 0 saturated heterocycles. The van der Waals surface area contributed by atoms with E-state index >= 15 is 0 Å². The summed E-state index contributed by atoms with van der Waals surface area (Å²) in [5, 5.41) is 0. The first-order valence-electron chi connectivity index (χ1n) is 4.47.